The first-order valence-electron chi connectivity index (χ1n) is 15.9. The Kier molecular flexibility index (Phi) is 10.2. The SMILES string of the molecule is Cc1ncoc1COc1ccc2c(c1)CCN(C[C@@H](O)CCC(=O)c1ccc(OC3CCN(Cc4ccncc4)CC3)cc1)C2. The topological polar surface area (TPSA) is 101 Å². The van der Waals surface area contributed by atoms with Gasteiger partial charge >= 0.3 is 0 Å². The van der Waals surface area contributed by atoms with Gasteiger partial charge in [0.05, 0.1) is 11.8 Å². The van der Waals surface area contributed by atoms with Crippen molar-refractivity contribution in [1.29, 1.82) is 0 Å². The molecule has 0 spiro atoms. The molecule has 0 bridgehead atoms. The van der Waals surface area contributed by atoms with Gasteiger partial charge in [0, 0.05) is 63.6 Å². The van der Waals surface area contributed by atoms with E-state index in [0.717, 1.165) is 74.9 Å². The number of aromatic nitrogens is 2. The lowest BCUT2D eigenvalue weighted by atomic mass is 9.98. The highest BCUT2D eigenvalue weighted by atomic mass is 16.5. The number of carbonyl (C=O) groups is 1. The maximum Gasteiger partial charge on any atom is 0.181 e. The fourth-order valence-corrected chi connectivity index (χ4v) is 6.12. The third kappa shape index (κ3) is 8.57. The Labute approximate surface area is 264 Å². The number of piperidine rings is 1. The summed E-state index contributed by atoms with van der Waals surface area (Å²) in [6, 6.07) is 17.8. The zero-order chi connectivity index (χ0) is 31.0. The molecule has 0 radical (unpaired) electrons. The van der Waals surface area contributed by atoms with Crippen LogP contribution in [-0.2, 0) is 26.1 Å². The minimum atomic E-state index is -0.560. The summed E-state index contributed by atoms with van der Waals surface area (Å²) in [5.41, 5.74) is 5.29. The third-order valence-corrected chi connectivity index (χ3v) is 8.83. The molecule has 0 unspecified atom stereocenters. The molecule has 6 rings (SSSR count). The fraction of sp³-hybridized carbons (Fsp3) is 0.417. The molecular weight excluding hydrogens is 568 g/mol. The van der Waals surface area contributed by atoms with Crippen LogP contribution >= 0.6 is 0 Å². The van der Waals surface area contributed by atoms with Crippen molar-refractivity contribution in [3.05, 3.63) is 107 Å². The van der Waals surface area contributed by atoms with Gasteiger partial charge in [0.15, 0.2) is 17.9 Å². The van der Waals surface area contributed by atoms with Crippen molar-refractivity contribution in [2.45, 2.75) is 70.9 Å². The summed E-state index contributed by atoms with van der Waals surface area (Å²) in [6.07, 6.45) is 8.33. The second-order valence-electron chi connectivity index (χ2n) is 12.2. The van der Waals surface area contributed by atoms with Crippen LogP contribution in [0.5, 0.6) is 11.5 Å². The first kappa shape index (κ1) is 31.0. The zero-order valence-corrected chi connectivity index (χ0v) is 25.9. The molecule has 2 aliphatic rings. The van der Waals surface area contributed by atoms with Crippen molar-refractivity contribution >= 4 is 5.78 Å². The number of Topliss-reactive ketones (excluding diaryl/α,β-unsaturated/α-hetero) is 1. The van der Waals surface area contributed by atoms with Crippen molar-refractivity contribution in [3.63, 3.8) is 0 Å². The second kappa shape index (κ2) is 14.8. The molecule has 45 heavy (non-hydrogen) atoms. The Hall–Kier alpha value is -4.05. The molecule has 1 atom stereocenters. The summed E-state index contributed by atoms with van der Waals surface area (Å²) in [4.78, 5) is 25.8. The van der Waals surface area contributed by atoms with Crippen LogP contribution in [0.25, 0.3) is 0 Å². The van der Waals surface area contributed by atoms with E-state index in [-0.39, 0.29) is 11.9 Å². The van der Waals surface area contributed by atoms with Gasteiger partial charge < -0.3 is 19.0 Å². The van der Waals surface area contributed by atoms with Crippen LogP contribution in [0.4, 0.5) is 0 Å². The van der Waals surface area contributed by atoms with Gasteiger partial charge in [-0.15, -0.1) is 0 Å². The molecule has 2 aromatic carbocycles. The van der Waals surface area contributed by atoms with Crippen LogP contribution in [0.3, 0.4) is 0 Å². The lowest BCUT2D eigenvalue weighted by molar-refractivity contribution is 0.0836. The summed E-state index contributed by atoms with van der Waals surface area (Å²) in [6.45, 7) is 7.36. The fourth-order valence-electron chi connectivity index (χ4n) is 6.12. The average molecular weight is 611 g/mol. The minimum Gasteiger partial charge on any atom is -0.490 e. The molecule has 2 aromatic heterocycles. The summed E-state index contributed by atoms with van der Waals surface area (Å²) in [5, 5.41) is 10.7. The highest BCUT2D eigenvalue weighted by Gasteiger charge is 2.22. The average Bonchev–Trinajstić information content (AvgIpc) is 3.48. The second-order valence-corrected chi connectivity index (χ2v) is 12.2. The van der Waals surface area contributed by atoms with Gasteiger partial charge in [-0.1, -0.05) is 6.07 Å². The lowest BCUT2D eigenvalue weighted by Crippen LogP contribution is -2.37. The number of ketones is 1. The summed E-state index contributed by atoms with van der Waals surface area (Å²) in [5.74, 6) is 2.39. The maximum absolute atomic E-state index is 12.9. The van der Waals surface area contributed by atoms with Gasteiger partial charge in [-0.2, -0.15) is 0 Å². The molecule has 4 aromatic rings. The van der Waals surface area contributed by atoms with E-state index in [1.807, 2.05) is 49.6 Å². The third-order valence-electron chi connectivity index (χ3n) is 8.83. The molecule has 236 valence electrons. The van der Waals surface area contributed by atoms with E-state index in [1.54, 1.807) is 0 Å². The van der Waals surface area contributed by atoms with Crippen LogP contribution < -0.4 is 9.47 Å². The number of likely N-dealkylation sites (tertiary alicyclic amines) is 1. The number of pyridine rings is 1. The van der Waals surface area contributed by atoms with Crippen LogP contribution in [0.1, 0.15) is 64.2 Å². The number of hydrogen-bond acceptors (Lipinski definition) is 9. The molecule has 0 saturated carbocycles. The van der Waals surface area contributed by atoms with Gasteiger partial charge in [0.1, 0.15) is 24.2 Å². The first-order valence-corrected chi connectivity index (χ1v) is 15.9. The van der Waals surface area contributed by atoms with Crippen molar-refractivity contribution in [2.75, 3.05) is 26.2 Å². The van der Waals surface area contributed by atoms with Crippen LogP contribution in [0.15, 0.2) is 77.8 Å². The first-order chi connectivity index (χ1) is 22.0. The summed E-state index contributed by atoms with van der Waals surface area (Å²) >= 11 is 0. The van der Waals surface area contributed by atoms with Crippen molar-refractivity contribution in [1.82, 2.24) is 19.8 Å². The summed E-state index contributed by atoms with van der Waals surface area (Å²) in [7, 11) is 0. The van der Waals surface area contributed by atoms with E-state index < -0.39 is 6.10 Å². The Morgan fingerprint density at radius 3 is 2.53 bits per heavy atom. The number of aliphatic hydroxyl groups is 1. The molecule has 0 amide bonds. The number of fused-ring (bicyclic) bond motifs is 1. The molecule has 4 heterocycles. The number of oxazole rings is 1. The van der Waals surface area contributed by atoms with Crippen LogP contribution in [0, 0.1) is 6.92 Å². The highest BCUT2D eigenvalue weighted by molar-refractivity contribution is 5.96. The number of nitrogens with zero attached hydrogens (tertiary/aromatic N) is 4. The summed E-state index contributed by atoms with van der Waals surface area (Å²) < 4.78 is 17.5. The van der Waals surface area contributed by atoms with Crippen LogP contribution in [-0.4, -0.2) is 69.0 Å². The Morgan fingerprint density at radius 2 is 1.78 bits per heavy atom. The number of aliphatic hydroxyl groups excluding tert-OH is 1. The van der Waals surface area contributed by atoms with Gasteiger partial charge in [0.2, 0.25) is 0 Å². The van der Waals surface area contributed by atoms with E-state index in [1.165, 1.54) is 23.1 Å². The van der Waals surface area contributed by atoms with E-state index in [0.29, 0.717) is 31.6 Å². The van der Waals surface area contributed by atoms with Gasteiger partial charge in [-0.3, -0.25) is 19.6 Å². The van der Waals surface area contributed by atoms with Crippen molar-refractivity contribution < 1.29 is 23.8 Å². The molecule has 9 heteroatoms. The molecule has 9 nitrogen and oxygen atoms in total. The number of hydrogen-bond donors (Lipinski definition) is 1. The largest absolute Gasteiger partial charge is 0.490 e. The Morgan fingerprint density at radius 1 is 1.00 bits per heavy atom. The number of carbonyl (C=O) groups excluding carboxylic acids is 1. The smallest absolute Gasteiger partial charge is 0.181 e. The van der Waals surface area contributed by atoms with Gasteiger partial charge in [-0.05, 0) is 97.8 Å². The number of benzene rings is 2. The lowest BCUT2D eigenvalue weighted by Gasteiger charge is -2.32. The predicted octanol–water partition coefficient (Wildman–Crippen LogP) is 5.38. The minimum absolute atomic E-state index is 0.0436. The maximum atomic E-state index is 12.9. The van der Waals surface area contributed by atoms with Gasteiger partial charge in [-0.25, -0.2) is 4.98 Å². The predicted molar refractivity (Wildman–Crippen MR) is 170 cm³/mol. The molecule has 0 aliphatic carbocycles. The quantitative estimate of drug-likeness (QED) is 0.200. The number of rotatable bonds is 13. The van der Waals surface area contributed by atoms with E-state index in [9.17, 15) is 9.90 Å². The van der Waals surface area contributed by atoms with Crippen LogP contribution in [0.2, 0.25) is 0 Å². The van der Waals surface area contributed by atoms with E-state index >= 15 is 0 Å². The molecule has 1 saturated heterocycles. The molecule has 2 aliphatic heterocycles. The number of aryl methyl sites for hydroxylation is 1. The van der Waals surface area contributed by atoms with E-state index in [4.69, 9.17) is 13.9 Å². The number of ether oxygens (including phenoxy) is 2. The van der Waals surface area contributed by atoms with Gasteiger partial charge in [0.25, 0.3) is 0 Å². The standard InChI is InChI=1S/C36H42N4O5/c1-26-36(44-25-38-26)24-43-34-8-4-30-22-40(17-12-29(30)20-34)23-31(41)5-9-35(42)28-2-6-32(7-3-28)45-33-13-18-39(19-14-33)21-27-10-15-37-16-11-27/h2-4,6-8,10-11,15-16,20,25,31,33,41H,5,9,12-14,17-19,21-24H2,1H3/t31-/m0/s1. The molecular formula is C36H42N4O5. The normalized spacial score (nSPS) is 16.7. The molecule has 1 fully saturated rings. The molecule has 1 N–H and O–H groups in total. The van der Waals surface area contributed by atoms with Crippen molar-refractivity contribution in [2.24, 2.45) is 0 Å². The highest BCUT2D eigenvalue weighted by Crippen LogP contribution is 2.26. The Balaban J connectivity index is 0.897. The van der Waals surface area contributed by atoms with E-state index in [2.05, 4.69) is 44.0 Å². The Bertz CT molecular complexity index is 1530. The van der Waals surface area contributed by atoms with Crippen molar-refractivity contribution in [3.8, 4) is 11.5 Å². The monoisotopic (exact) mass is 610 g/mol. The number of β-amino-alcohol motifs (C(OH)–C–C–N with tert-alkyl or cyclic N) is 1. The zero-order valence-electron chi connectivity index (χ0n) is 25.9.